The Labute approximate surface area is 110 Å². The van der Waals surface area contributed by atoms with Gasteiger partial charge >= 0.3 is 0 Å². The molecule has 4 radical (unpaired) electrons. The fraction of sp³-hybridized carbons (Fsp3) is 0.667. The summed E-state index contributed by atoms with van der Waals surface area (Å²) in [5.41, 5.74) is 0. The molecule has 2 heterocycles. The van der Waals surface area contributed by atoms with Crippen LogP contribution in [0.4, 0.5) is 0 Å². The fourth-order valence-electron chi connectivity index (χ4n) is 1.53. The van der Waals surface area contributed by atoms with E-state index in [1.54, 1.807) is 12.7 Å². The average Bonchev–Trinajstić information content (AvgIpc) is 2.95. The zero-order valence-corrected chi connectivity index (χ0v) is 11.4. The molecule has 0 saturated carbocycles. The molecule has 18 heavy (non-hydrogen) atoms. The number of hydrogen-bond donors (Lipinski definition) is 0. The van der Waals surface area contributed by atoms with Crippen LogP contribution >= 0.6 is 0 Å². The van der Waals surface area contributed by atoms with Gasteiger partial charge in [0.15, 0.2) is 0 Å². The van der Waals surface area contributed by atoms with Crippen molar-refractivity contribution < 1.29 is 0 Å². The smallest absolute Gasteiger partial charge is 0.227 e. The molecule has 0 saturated heterocycles. The number of nitrogens with zero attached hydrogens (tertiary/aromatic N) is 6. The molecule has 0 atom stereocenters. The van der Waals surface area contributed by atoms with E-state index in [4.69, 9.17) is 0 Å². The van der Waals surface area contributed by atoms with Crippen molar-refractivity contribution in [1.29, 1.82) is 0 Å². The molecular weight excluding hydrogens is 228 g/mol. The Morgan fingerprint density at radius 2 is 1.22 bits per heavy atom. The van der Waals surface area contributed by atoms with Crippen LogP contribution in [0.1, 0.15) is 27.7 Å². The first-order chi connectivity index (χ1) is 8.56. The van der Waals surface area contributed by atoms with Crippen LogP contribution < -0.4 is 0 Å². The van der Waals surface area contributed by atoms with E-state index in [1.807, 2.05) is 19.8 Å². The molecule has 2 aliphatic rings. The van der Waals surface area contributed by atoms with Gasteiger partial charge in [0.25, 0.3) is 0 Å². The van der Waals surface area contributed by atoms with Crippen LogP contribution in [0.5, 0.6) is 0 Å². The van der Waals surface area contributed by atoms with Gasteiger partial charge in [-0.25, -0.2) is 0 Å². The van der Waals surface area contributed by atoms with Crippen molar-refractivity contribution in [3.63, 3.8) is 0 Å². The molecule has 0 N–H and O–H groups in total. The Bertz CT molecular complexity index is 293. The van der Waals surface area contributed by atoms with Crippen molar-refractivity contribution in [3.8, 4) is 0 Å². The van der Waals surface area contributed by atoms with E-state index in [9.17, 15) is 0 Å². The third-order valence-electron chi connectivity index (χ3n) is 2.65. The Morgan fingerprint density at radius 3 is 1.50 bits per heavy atom. The standard InChI is InChI=1S/C12H20N6/c1-11(2)17-9-15(7-13-17)5-6-16-8-14-18(10-16)12(3)4/h7-8,11-12H,5-6H2,1-4H3. The van der Waals surface area contributed by atoms with Gasteiger partial charge in [0, 0.05) is 25.2 Å². The monoisotopic (exact) mass is 248 g/mol. The van der Waals surface area contributed by atoms with E-state index in [1.165, 1.54) is 0 Å². The van der Waals surface area contributed by atoms with Gasteiger partial charge in [0.1, 0.15) is 12.7 Å². The predicted molar refractivity (Wildman–Crippen MR) is 70.8 cm³/mol. The van der Waals surface area contributed by atoms with Crippen molar-refractivity contribution in [1.82, 2.24) is 19.8 Å². The molecule has 0 aromatic heterocycles. The Kier molecular flexibility index (Phi) is 3.93. The van der Waals surface area contributed by atoms with Gasteiger partial charge in [-0.1, -0.05) is 0 Å². The number of hydrazone groups is 2. The van der Waals surface area contributed by atoms with Gasteiger partial charge in [-0.05, 0) is 27.7 Å². The lowest BCUT2D eigenvalue weighted by atomic mass is 10.4. The van der Waals surface area contributed by atoms with Crippen LogP contribution in [-0.2, 0) is 0 Å². The van der Waals surface area contributed by atoms with E-state index >= 15 is 0 Å². The average molecular weight is 248 g/mol. The number of hydrogen-bond acceptors (Lipinski definition) is 6. The first-order valence-electron chi connectivity index (χ1n) is 6.29. The Morgan fingerprint density at radius 1 is 0.833 bits per heavy atom. The fourth-order valence-corrected chi connectivity index (χ4v) is 1.53. The van der Waals surface area contributed by atoms with Crippen LogP contribution in [0.15, 0.2) is 10.2 Å². The van der Waals surface area contributed by atoms with Crippen LogP contribution in [0.25, 0.3) is 0 Å². The highest BCUT2D eigenvalue weighted by Crippen LogP contribution is 2.13. The summed E-state index contributed by atoms with van der Waals surface area (Å²) in [5, 5.41) is 12.1. The Balaban J connectivity index is 1.69. The second kappa shape index (κ2) is 5.46. The summed E-state index contributed by atoms with van der Waals surface area (Å²) in [5.74, 6) is 0. The van der Waals surface area contributed by atoms with Crippen molar-refractivity contribution in [3.05, 3.63) is 13.3 Å². The minimum Gasteiger partial charge on any atom is -0.328 e. The first kappa shape index (κ1) is 13.0. The third kappa shape index (κ3) is 3.05. The van der Waals surface area contributed by atoms with Crippen LogP contribution in [-0.4, -0.2) is 57.7 Å². The lowest BCUT2D eigenvalue weighted by Crippen LogP contribution is -2.33. The van der Waals surface area contributed by atoms with Gasteiger partial charge in [-0.2, -0.15) is 10.2 Å². The summed E-state index contributed by atoms with van der Waals surface area (Å²) >= 11 is 0. The molecule has 0 aliphatic carbocycles. The van der Waals surface area contributed by atoms with Gasteiger partial charge in [0.2, 0.25) is 13.3 Å². The highest BCUT2D eigenvalue weighted by atomic mass is 15.6. The van der Waals surface area contributed by atoms with Gasteiger partial charge < -0.3 is 9.80 Å². The summed E-state index contributed by atoms with van der Waals surface area (Å²) in [7, 11) is 0. The normalized spacial score (nSPS) is 19.2. The summed E-state index contributed by atoms with van der Waals surface area (Å²) < 4.78 is 0. The molecular formula is C12H20N6. The highest BCUT2D eigenvalue weighted by Gasteiger charge is 2.22. The molecule has 2 rings (SSSR count). The van der Waals surface area contributed by atoms with E-state index in [0.29, 0.717) is 12.1 Å². The quantitative estimate of drug-likeness (QED) is 0.725. The van der Waals surface area contributed by atoms with Crippen molar-refractivity contribution in [2.75, 3.05) is 13.1 Å². The molecule has 2 aliphatic heterocycles. The van der Waals surface area contributed by atoms with Crippen LogP contribution in [0.2, 0.25) is 0 Å². The molecule has 0 aromatic carbocycles. The molecule has 0 unspecified atom stereocenters. The van der Waals surface area contributed by atoms with Crippen molar-refractivity contribution in [2.45, 2.75) is 39.8 Å². The van der Waals surface area contributed by atoms with Crippen molar-refractivity contribution >= 4 is 12.7 Å². The second-order valence-electron chi connectivity index (χ2n) is 4.93. The largest absolute Gasteiger partial charge is 0.328 e. The van der Waals surface area contributed by atoms with E-state index in [0.717, 1.165) is 13.1 Å². The lowest BCUT2D eigenvalue weighted by Gasteiger charge is -2.22. The molecule has 6 nitrogen and oxygen atoms in total. The highest BCUT2D eigenvalue weighted by molar-refractivity contribution is 5.59. The lowest BCUT2D eigenvalue weighted by molar-refractivity contribution is 0.236. The SMILES string of the molecule is CC(C)N1[C]N(CCN2[C]N(C(C)C)N=C2)C=N1. The molecule has 0 fully saturated rings. The summed E-state index contributed by atoms with van der Waals surface area (Å²) in [6, 6.07) is 0.684. The van der Waals surface area contributed by atoms with Crippen LogP contribution in [0.3, 0.4) is 0 Å². The molecule has 0 amide bonds. The summed E-state index contributed by atoms with van der Waals surface area (Å²) in [6.45, 7) is 16.3. The predicted octanol–water partition coefficient (Wildman–Crippen LogP) is 0.918. The molecule has 0 aromatic rings. The van der Waals surface area contributed by atoms with E-state index in [2.05, 4.69) is 51.2 Å². The molecule has 0 bridgehead atoms. The zero-order valence-electron chi connectivity index (χ0n) is 11.4. The van der Waals surface area contributed by atoms with E-state index < -0.39 is 0 Å². The van der Waals surface area contributed by atoms with Crippen LogP contribution in [0, 0.1) is 13.3 Å². The minimum atomic E-state index is 0.342. The van der Waals surface area contributed by atoms with Gasteiger partial charge in [-0.3, -0.25) is 10.0 Å². The maximum Gasteiger partial charge on any atom is 0.227 e. The molecule has 0 spiro atoms. The van der Waals surface area contributed by atoms with Gasteiger partial charge in [0.05, 0.1) is 0 Å². The zero-order chi connectivity index (χ0) is 13.1. The van der Waals surface area contributed by atoms with Gasteiger partial charge in [-0.15, -0.1) is 0 Å². The van der Waals surface area contributed by atoms with E-state index in [-0.39, 0.29) is 0 Å². The Hall–Kier alpha value is -1.46. The summed E-state index contributed by atoms with van der Waals surface area (Å²) in [6.07, 6.45) is 3.60. The third-order valence-corrected chi connectivity index (χ3v) is 2.65. The topological polar surface area (TPSA) is 37.7 Å². The molecule has 98 valence electrons. The van der Waals surface area contributed by atoms with Crippen molar-refractivity contribution in [2.24, 2.45) is 10.2 Å². The maximum atomic E-state index is 4.25. The molecule has 6 heteroatoms. The minimum absolute atomic E-state index is 0.342. The summed E-state index contributed by atoms with van der Waals surface area (Å²) in [4.78, 5) is 3.90. The maximum absolute atomic E-state index is 4.25. The second-order valence-corrected chi connectivity index (χ2v) is 4.93. The number of rotatable bonds is 5. The first-order valence-corrected chi connectivity index (χ1v) is 6.29.